The zero-order valence-electron chi connectivity index (χ0n) is 16.4. The van der Waals surface area contributed by atoms with Crippen LogP contribution < -0.4 is 25.9 Å². The molecule has 3 nitrogen and oxygen atoms in total. The minimum absolute atomic E-state index is 0.00691. The summed E-state index contributed by atoms with van der Waals surface area (Å²) in [4.78, 5) is 12.3. The first-order valence-corrected chi connectivity index (χ1v) is 12.3. The first-order chi connectivity index (χ1) is 12.8. The molecule has 0 saturated carbocycles. The molecule has 1 aliphatic heterocycles. The van der Waals surface area contributed by atoms with Crippen molar-refractivity contribution in [3.8, 4) is 5.75 Å². The molecule has 4 heteroatoms. The second kappa shape index (κ2) is 6.59. The van der Waals surface area contributed by atoms with Crippen molar-refractivity contribution in [1.82, 2.24) is 4.98 Å². The fourth-order valence-corrected chi connectivity index (χ4v) is 4.78. The van der Waals surface area contributed by atoms with Gasteiger partial charge in [-0.1, -0.05) is 0 Å². The molecule has 1 aromatic heterocycles. The number of fused-ring (bicyclic) bond motifs is 2. The summed E-state index contributed by atoms with van der Waals surface area (Å²) in [5.74, 6) is 0.875. The average Bonchev–Trinajstić information content (AvgIpc) is 2.72. The summed E-state index contributed by atoms with van der Waals surface area (Å²) in [6.07, 6.45) is 1.97. The van der Waals surface area contributed by atoms with Gasteiger partial charge in [0, 0.05) is 0 Å². The molecule has 0 N–H and O–H groups in total. The van der Waals surface area contributed by atoms with Gasteiger partial charge in [-0.25, -0.2) is 0 Å². The van der Waals surface area contributed by atoms with Crippen molar-refractivity contribution < 1.29 is 25.9 Å². The summed E-state index contributed by atoms with van der Waals surface area (Å²) in [5.41, 5.74) is 3.33. The van der Waals surface area contributed by atoms with E-state index in [4.69, 9.17) is 14.7 Å². The van der Waals surface area contributed by atoms with Gasteiger partial charge in [-0.05, 0) is 0 Å². The number of aliphatic imine (C=N–C) groups is 1. The van der Waals surface area contributed by atoms with Crippen molar-refractivity contribution in [2.45, 2.75) is 38.8 Å². The fraction of sp³-hybridized carbons (Fsp3) is 0.304. The Morgan fingerprint density at radius 3 is 2.52 bits per heavy atom. The summed E-state index contributed by atoms with van der Waals surface area (Å²) in [7, 11) is 0. The monoisotopic (exact) mass is 471 g/mol. The molecule has 27 heavy (non-hydrogen) atoms. The Bertz CT molecular complexity index is 1050. The van der Waals surface area contributed by atoms with E-state index in [1.54, 1.807) is 0 Å². The van der Waals surface area contributed by atoms with Gasteiger partial charge < -0.3 is 0 Å². The topological polar surface area (TPSA) is 34.5 Å². The number of alkyl halides is 1. The maximum absolute atomic E-state index is 6.40. The molecule has 0 spiro atoms. The first-order valence-electron chi connectivity index (χ1n) is 9.09. The van der Waals surface area contributed by atoms with Gasteiger partial charge in [-0.2, -0.15) is 0 Å². The number of hydrogen-bond donors (Lipinski definition) is 0. The van der Waals surface area contributed by atoms with E-state index in [0.29, 0.717) is 0 Å². The average molecular weight is 471 g/mol. The minimum atomic E-state index is -0.422. The van der Waals surface area contributed by atoms with Crippen LogP contribution in [-0.2, 0) is 0 Å². The van der Waals surface area contributed by atoms with E-state index < -0.39 is 5.60 Å². The second-order valence-corrected chi connectivity index (χ2v) is 10.1. The van der Waals surface area contributed by atoms with Crippen LogP contribution in [0.1, 0.15) is 38.8 Å². The summed E-state index contributed by atoms with van der Waals surface area (Å²) >= 11 is -0.00691. The van der Waals surface area contributed by atoms with Crippen molar-refractivity contribution >= 4 is 16.6 Å². The van der Waals surface area contributed by atoms with Crippen LogP contribution >= 0.6 is 0 Å². The zero-order valence-corrected chi connectivity index (χ0v) is 18.5. The SMILES string of the molecule is C[I-]c1cccc2cc(C3=NC(C)(C)C(C)(C)Oc4ccccc43)cnc12. The number of aromatic nitrogens is 1. The van der Waals surface area contributed by atoms with Crippen LogP contribution in [-0.4, -0.2) is 26.8 Å². The van der Waals surface area contributed by atoms with Crippen molar-refractivity contribution in [1.29, 1.82) is 0 Å². The molecule has 0 amide bonds. The number of rotatable bonds is 2. The van der Waals surface area contributed by atoms with E-state index >= 15 is 0 Å². The molecular formula is C23H24IN2O-. The van der Waals surface area contributed by atoms with Crippen LogP contribution in [0.25, 0.3) is 10.9 Å². The van der Waals surface area contributed by atoms with Crippen LogP contribution in [0.3, 0.4) is 0 Å². The van der Waals surface area contributed by atoms with Crippen LogP contribution in [0.2, 0.25) is 0 Å². The van der Waals surface area contributed by atoms with E-state index in [-0.39, 0.29) is 26.7 Å². The predicted octanol–water partition coefficient (Wildman–Crippen LogP) is 1.91. The van der Waals surface area contributed by atoms with Crippen LogP contribution in [0.15, 0.2) is 59.7 Å². The van der Waals surface area contributed by atoms with Crippen LogP contribution in [0, 0.1) is 3.57 Å². The molecule has 0 saturated heterocycles. The normalized spacial score (nSPS) is 17.7. The van der Waals surface area contributed by atoms with Gasteiger partial charge in [0.1, 0.15) is 0 Å². The van der Waals surface area contributed by atoms with Crippen molar-refractivity contribution in [3.05, 3.63) is 69.4 Å². The van der Waals surface area contributed by atoms with E-state index in [1.807, 2.05) is 24.4 Å². The molecule has 2 heterocycles. The first kappa shape index (κ1) is 18.4. The third-order valence-electron chi connectivity index (χ3n) is 5.51. The number of benzene rings is 2. The standard InChI is InChI=1S/C23H24IN2O/c1-22(2)23(3,4)27-19-12-7-6-10-17(19)20(26-22)16-13-15-9-8-11-18(24-5)21(15)25-14-16/h6-14H,1-5H3/q-1. The molecule has 0 unspecified atom stereocenters. The van der Waals surface area contributed by atoms with Gasteiger partial charge >= 0.3 is 171 Å². The Balaban J connectivity index is 1.96. The Kier molecular flexibility index (Phi) is 4.49. The van der Waals surface area contributed by atoms with Gasteiger partial charge in [0.2, 0.25) is 0 Å². The molecular weight excluding hydrogens is 447 g/mol. The van der Waals surface area contributed by atoms with Crippen molar-refractivity contribution in [2.24, 2.45) is 4.99 Å². The third-order valence-corrected chi connectivity index (χ3v) is 7.54. The Morgan fingerprint density at radius 2 is 1.74 bits per heavy atom. The maximum atomic E-state index is 6.40. The summed E-state index contributed by atoms with van der Waals surface area (Å²) in [5, 5.41) is 1.17. The molecule has 0 radical (unpaired) electrons. The van der Waals surface area contributed by atoms with Gasteiger partial charge in [-0.3, -0.25) is 0 Å². The van der Waals surface area contributed by atoms with E-state index in [1.165, 1.54) is 8.96 Å². The van der Waals surface area contributed by atoms with Gasteiger partial charge in [-0.15, -0.1) is 0 Å². The number of para-hydroxylation sites is 2. The molecule has 140 valence electrons. The number of hydrogen-bond acceptors (Lipinski definition) is 3. The Morgan fingerprint density at radius 1 is 0.963 bits per heavy atom. The molecule has 2 aromatic carbocycles. The molecule has 3 aromatic rings. The predicted molar refractivity (Wildman–Crippen MR) is 107 cm³/mol. The summed E-state index contributed by atoms with van der Waals surface area (Å²) < 4.78 is 7.79. The summed E-state index contributed by atoms with van der Waals surface area (Å²) in [6, 6.07) is 16.9. The molecule has 0 fully saturated rings. The fourth-order valence-electron chi connectivity index (χ4n) is 3.25. The van der Waals surface area contributed by atoms with E-state index in [2.05, 4.69) is 63.0 Å². The van der Waals surface area contributed by atoms with Crippen molar-refractivity contribution in [2.75, 3.05) is 4.93 Å². The zero-order chi connectivity index (χ0) is 19.2. The van der Waals surface area contributed by atoms with Gasteiger partial charge in [0.25, 0.3) is 0 Å². The number of nitrogens with zero attached hydrogens (tertiary/aromatic N) is 2. The number of ether oxygens (including phenoxy) is 1. The number of halogens is 1. The van der Waals surface area contributed by atoms with Crippen LogP contribution in [0.4, 0.5) is 0 Å². The summed E-state index contributed by atoms with van der Waals surface area (Å²) in [6.45, 7) is 8.47. The second-order valence-electron chi connectivity index (χ2n) is 7.85. The molecule has 1 aliphatic rings. The molecule has 0 aliphatic carbocycles. The van der Waals surface area contributed by atoms with Gasteiger partial charge in [0.15, 0.2) is 0 Å². The Hall–Kier alpha value is -1.95. The molecule has 0 atom stereocenters. The van der Waals surface area contributed by atoms with E-state index in [9.17, 15) is 0 Å². The van der Waals surface area contributed by atoms with Crippen LogP contribution in [0.5, 0.6) is 5.75 Å². The number of pyridine rings is 1. The molecule has 0 bridgehead atoms. The van der Waals surface area contributed by atoms with E-state index in [0.717, 1.165) is 28.1 Å². The quantitative estimate of drug-likeness (QED) is 0.423. The molecule has 4 rings (SSSR count). The van der Waals surface area contributed by atoms with Gasteiger partial charge in [0.05, 0.1) is 0 Å². The Labute approximate surface area is 171 Å². The third kappa shape index (κ3) is 3.14. The van der Waals surface area contributed by atoms with Crippen molar-refractivity contribution in [3.63, 3.8) is 0 Å².